The second kappa shape index (κ2) is 5.09. The van der Waals surface area contributed by atoms with Crippen LogP contribution in [0, 0.1) is 5.18 Å². The number of urea groups is 1. The molecule has 0 aliphatic heterocycles. The van der Waals surface area contributed by atoms with Crippen molar-refractivity contribution in [1.82, 2.24) is 10.2 Å². The molecule has 10 heavy (non-hydrogen) atoms. The van der Waals surface area contributed by atoms with Crippen molar-refractivity contribution in [3.63, 3.8) is 0 Å². The molecule has 0 aromatic carbocycles. The average Bonchev–Trinajstić information content (AvgIpc) is 1.88. The number of amides is 2. The van der Waals surface area contributed by atoms with Gasteiger partial charge in [-0.05, 0) is 0 Å². The van der Waals surface area contributed by atoms with Gasteiger partial charge in [0, 0.05) is 20.4 Å². The monoisotopic (exact) mass is 160 g/mol. The van der Waals surface area contributed by atoms with Crippen LogP contribution in [0.5, 0.6) is 0 Å². The van der Waals surface area contributed by atoms with Gasteiger partial charge in [0.05, 0.1) is 6.54 Å². The molecule has 0 heterocycles. The maximum Gasteiger partial charge on any atom is 0.317 e. The van der Waals surface area contributed by atoms with E-state index in [0.29, 0.717) is 6.54 Å². The number of rotatable bonds is 1. The van der Waals surface area contributed by atoms with Gasteiger partial charge in [0.15, 0.2) is 0 Å². The highest BCUT2D eigenvalue weighted by Gasteiger charge is 1.97. The first-order chi connectivity index (χ1) is 4.68. The van der Waals surface area contributed by atoms with Crippen molar-refractivity contribution in [2.24, 2.45) is 0 Å². The quantitative estimate of drug-likeness (QED) is 0.598. The van der Waals surface area contributed by atoms with Gasteiger partial charge in [0.1, 0.15) is 0 Å². The van der Waals surface area contributed by atoms with Gasteiger partial charge < -0.3 is 10.2 Å². The second-order valence-corrected chi connectivity index (χ2v) is 2.60. The molecule has 1 N–H and O–H groups in total. The summed E-state index contributed by atoms with van der Waals surface area (Å²) in [4.78, 5) is 12.3. The molecule has 0 radical (unpaired) electrons. The molecule has 0 bridgehead atoms. The fraction of sp³-hybridized carbons (Fsp3) is 0.667. The lowest BCUT2D eigenvalue weighted by molar-refractivity contribution is 0.219. The van der Waals surface area contributed by atoms with E-state index in [9.17, 15) is 4.79 Å². The van der Waals surface area contributed by atoms with Gasteiger partial charge in [0.25, 0.3) is 0 Å². The van der Waals surface area contributed by atoms with Crippen LogP contribution in [0.25, 0.3) is 0 Å². The van der Waals surface area contributed by atoms with Crippen LogP contribution in [0.4, 0.5) is 4.79 Å². The highest BCUT2D eigenvalue weighted by molar-refractivity contribution is 7.87. The zero-order chi connectivity index (χ0) is 7.98. The molecule has 0 atom stereocenters. The normalized spacial score (nSPS) is 7.90. The van der Waals surface area contributed by atoms with Crippen LogP contribution in [-0.4, -0.2) is 37.8 Å². The molecule has 0 saturated heterocycles. The number of hydrogen-bond acceptors (Lipinski definition) is 1. The summed E-state index contributed by atoms with van der Waals surface area (Å²) in [6, 6.07) is -0.0819. The van der Waals surface area contributed by atoms with Crippen molar-refractivity contribution in [3.8, 4) is 5.18 Å². The lowest BCUT2D eigenvalue weighted by atomic mass is 10.7. The van der Waals surface area contributed by atoms with E-state index >= 15 is 0 Å². The molecule has 0 fully saturated rings. The topological polar surface area (TPSA) is 32.3 Å². The van der Waals surface area contributed by atoms with Gasteiger partial charge in [-0.1, -0.05) is 5.18 Å². The third-order valence-electron chi connectivity index (χ3n) is 0.862. The zero-order valence-corrected chi connectivity index (χ0v) is 7.29. The third kappa shape index (κ3) is 4.18. The number of hydrogen-bond donors (Lipinski definition) is 1. The Morgan fingerprint density at radius 1 is 1.70 bits per heavy atom. The van der Waals surface area contributed by atoms with Gasteiger partial charge in [-0.25, -0.2) is 4.79 Å². The largest absolute Gasteiger partial charge is 0.331 e. The van der Waals surface area contributed by atoms with E-state index < -0.39 is 0 Å². The molecule has 58 valence electrons. The van der Waals surface area contributed by atoms with Gasteiger partial charge in [-0.3, -0.25) is 0 Å². The van der Waals surface area contributed by atoms with Crippen molar-refractivity contribution in [3.05, 3.63) is 0 Å². The van der Waals surface area contributed by atoms with Crippen LogP contribution in [0.3, 0.4) is 0 Å². The van der Waals surface area contributed by atoms with Crippen molar-refractivity contribution in [2.75, 3.05) is 26.9 Å². The molecular weight excluding hydrogens is 148 g/mol. The number of carbonyl (C=O) groups is 1. The molecule has 0 unspecified atom stereocenters. The van der Waals surface area contributed by atoms with Crippen LogP contribution in [0.1, 0.15) is 0 Å². The molecule has 0 aliphatic carbocycles. The molecule has 0 spiro atoms. The SMILES string of the molecule is CS#CCNC(=O)N(C)C. The lowest BCUT2D eigenvalue weighted by Gasteiger charge is -2.08. The number of carbonyl (C=O) groups excluding carboxylic acids is 1. The predicted molar refractivity (Wildman–Crippen MR) is 44.5 cm³/mol. The van der Waals surface area contributed by atoms with Crippen molar-refractivity contribution >= 4 is 17.2 Å². The Morgan fingerprint density at radius 3 is 2.70 bits per heavy atom. The number of nitrogens with one attached hydrogen (secondary N) is 1. The summed E-state index contributed by atoms with van der Waals surface area (Å²) < 4.78 is 0. The summed E-state index contributed by atoms with van der Waals surface area (Å²) >= 11 is 1.47. The van der Waals surface area contributed by atoms with Gasteiger partial charge >= 0.3 is 6.03 Å². The third-order valence-corrected chi connectivity index (χ3v) is 1.30. The zero-order valence-electron chi connectivity index (χ0n) is 6.47. The molecule has 4 heteroatoms. The minimum absolute atomic E-state index is 0.0819. The highest BCUT2D eigenvalue weighted by Crippen LogP contribution is 1.75. The summed E-state index contributed by atoms with van der Waals surface area (Å²) in [5.41, 5.74) is 0. The molecule has 0 aliphatic rings. The Labute approximate surface area is 65.0 Å². The molecule has 0 rings (SSSR count). The second-order valence-electron chi connectivity index (χ2n) is 1.90. The maximum absolute atomic E-state index is 10.8. The number of nitrogens with zero attached hydrogens (tertiary/aromatic N) is 1. The Bertz CT molecular complexity index is 168. The fourth-order valence-electron chi connectivity index (χ4n) is 0.342. The van der Waals surface area contributed by atoms with E-state index in [4.69, 9.17) is 0 Å². The van der Waals surface area contributed by atoms with Crippen LogP contribution in [0.2, 0.25) is 0 Å². The summed E-state index contributed by atoms with van der Waals surface area (Å²) in [6.45, 7) is 0.498. The maximum atomic E-state index is 10.8. The summed E-state index contributed by atoms with van der Waals surface area (Å²) in [5.74, 6) is 0. The molecular formula is C6H12N2OS. The van der Waals surface area contributed by atoms with Crippen molar-refractivity contribution < 1.29 is 4.79 Å². The van der Waals surface area contributed by atoms with Gasteiger partial charge in [0.2, 0.25) is 0 Å². The Hall–Kier alpha value is -0.730. The first-order valence-electron chi connectivity index (χ1n) is 2.89. The average molecular weight is 160 g/mol. The van der Waals surface area contributed by atoms with Crippen LogP contribution in [-0.2, 0) is 0 Å². The minimum atomic E-state index is -0.0819. The molecule has 0 aromatic heterocycles. The van der Waals surface area contributed by atoms with E-state index in [-0.39, 0.29) is 6.03 Å². The standard InChI is InChI=1S/C6H12N2OS/c1-8(2)6(9)7-4-5-10-3/h4H2,1-3H3,(H,7,9). The van der Waals surface area contributed by atoms with Crippen molar-refractivity contribution in [1.29, 1.82) is 0 Å². The Balaban J connectivity index is 3.47. The van der Waals surface area contributed by atoms with Gasteiger partial charge in [-0.15, -0.1) is 11.2 Å². The predicted octanol–water partition coefficient (Wildman–Crippen LogP) is 0.580. The Kier molecular flexibility index (Phi) is 4.72. The van der Waals surface area contributed by atoms with E-state index in [1.165, 1.54) is 16.1 Å². The van der Waals surface area contributed by atoms with E-state index in [1.54, 1.807) is 14.1 Å². The fourth-order valence-corrected chi connectivity index (χ4v) is 0.558. The van der Waals surface area contributed by atoms with Crippen LogP contribution < -0.4 is 5.32 Å². The molecule has 3 nitrogen and oxygen atoms in total. The van der Waals surface area contributed by atoms with E-state index in [1.807, 2.05) is 6.26 Å². The summed E-state index contributed by atoms with van der Waals surface area (Å²) in [6.07, 6.45) is 1.90. The lowest BCUT2D eigenvalue weighted by Crippen LogP contribution is -2.34. The molecule has 0 saturated carbocycles. The summed E-state index contributed by atoms with van der Waals surface area (Å²) in [7, 11) is 3.41. The Morgan fingerprint density at radius 2 is 2.30 bits per heavy atom. The smallest absolute Gasteiger partial charge is 0.317 e. The van der Waals surface area contributed by atoms with E-state index in [2.05, 4.69) is 10.5 Å². The highest BCUT2D eigenvalue weighted by atomic mass is 32.1. The molecule has 2 amide bonds. The van der Waals surface area contributed by atoms with Crippen LogP contribution >= 0.6 is 11.2 Å². The first kappa shape index (κ1) is 9.27. The minimum Gasteiger partial charge on any atom is -0.331 e. The summed E-state index contributed by atoms with van der Waals surface area (Å²) in [5, 5.41) is 5.53. The first-order valence-corrected chi connectivity index (χ1v) is 4.12. The van der Waals surface area contributed by atoms with E-state index in [0.717, 1.165) is 0 Å². The molecule has 0 aromatic rings. The van der Waals surface area contributed by atoms with Crippen molar-refractivity contribution in [2.45, 2.75) is 0 Å². The van der Waals surface area contributed by atoms with Crippen LogP contribution in [0.15, 0.2) is 0 Å². The van der Waals surface area contributed by atoms with Gasteiger partial charge in [-0.2, -0.15) is 0 Å².